The van der Waals surface area contributed by atoms with E-state index < -0.39 is 5.97 Å². The highest BCUT2D eigenvalue weighted by Crippen LogP contribution is 2.08. The minimum absolute atomic E-state index is 0.0335. The van der Waals surface area contributed by atoms with Crippen molar-refractivity contribution in [2.24, 2.45) is 0 Å². The number of piperazine rings is 1. The molecule has 2 rings (SSSR count). The fraction of sp³-hybridized carbons (Fsp3) is 0.500. The van der Waals surface area contributed by atoms with Gasteiger partial charge in [-0.25, -0.2) is 4.79 Å². The fourth-order valence-electron chi connectivity index (χ4n) is 2.36. The van der Waals surface area contributed by atoms with Crippen molar-refractivity contribution >= 4 is 12.0 Å². The van der Waals surface area contributed by atoms with Crippen LogP contribution in [0.4, 0.5) is 4.79 Å². The van der Waals surface area contributed by atoms with Crippen LogP contribution in [0.5, 0.6) is 0 Å². The largest absolute Gasteiger partial charge is 0.480 e. The summed E-state index contributed by atoms with van der Waals surface area (Å²) in [5.74, 6) is -0.830. The van der Waals surface area contributed by atoms with E-state index in [0.717, 1.165) is 5.56 Å². The Morgan fingerprint density at radius 1 is 1.33 bits per heavy atom. The highest BCUT2D eigenvalue weighted by Gasteiger charge is 2.24. The number of carbonyl (C=O) groups is 2. The lowest BCUT2D eigenvalue weighted by Crippen LogP contribution is -2.52. The molecule has 1 saturated heterocycles. The van der Waals surface area contributed by atoms with Crippen LogP contribution in [0.15, 0.2) is 24.5 Å². The Kier molecular flexibility index (Phi) is 5.10. The summed E-state index contributed by atoms with van der Waals surface area (Å²) in [7, 11) is 1.76. The van der Waals surface area contributed by atoms with Gasteiger partial charge in [-0.1, -0.05) is 6.07 Å². The topological polar surface area (TPSA) is 77.0 Å². The number of nitrogens with zero attached hydrogens (tertiary/aromatic N) is 4. The Labute approximate surface area is 123 Å². The molecule has 1 N–H and O–H groups in total. The summed E-state index contributed by atoms with van der Waals surface area (Å²) in [6.45, 7) is 2.86. The Balaban J connectivity index is 1.82. The normalized spacial score (nSPS) is 15.8. The summed E-state index contributed by atoms with van der Waals surface area (Å²) in [5, 5.41) is 8.76. The van der Waals surface area contributed by atoms with Crippen molar-refractivity contribution in [3.8, 4) is 0 Å². The number of carboxylic acids is 1. The predicted octanol–water partition coefficient (Wildman–Crippen LogP) is 0.336. The van der Waals surface area contributed by atoms with E-state index in [1.807, 2.05) is 17.0 Å². The molecule has 7 nitrogen and oxygen atoms in total. The Bertz CT molecular complexity index is 486. The van der Waals surface area contributed by atoms with Crippen LogP contribution < -0.4 is 0 Å². The first-order valence-electron chi connectivity index (χ1n) is 6.89. The molecule has 114 valence electrons. The molecule has 2 amide bonds. The predicted molar refractivity (Wildman–Crippen MR) is 76.7 cm³/mol. The zero-order chi connectivity index (χ0) is 15.2. The molecule has 0 unspecified atom stereocenters. The lowest BCUT2D eigenvalue weighted by atomic mass is 10.2. The van der Waals surface area contributed by atoms with E-state index in [-0.39, 0.29) is 12.6 Å². The molecule has 1 aromatic rings. The number of hydrogen-bond acceptors (Lipinski definition) is 4. The first-order chi connectivity index (χ1) is 10.1. The summed E-state index contributed by atoms with van der Waals surface area (Å²) in [5.41, 5.74) is 0.984. The molecular formula is C14H20N4O3. The molecule has 1 fully saturated rings. The number of aliphatic carboxylic acids is 1. The lowest BCUT2D eigenvalue weighted by Gasteiger charge is -2.36. The highest BCUT2D eigenvalue weighted by molar-refractivity contribution is 5.74. The van der Waals surface area contributed by atoms with E-state index in [9.17, 15) is 9.59 Å². The summed E-state index contributed by atoms with van der Waals surface area (Å²) < 4.78 is 0. The van der Waals surface area contributed by atoms with Crippen molar-refractivity contribution in [2.45, 2.75) is 6.54 Å². The molecule has 0 radical (unpaired) electrons. The van der Waals surface area contributed by atoms with Gasteiger partial charge in [0.25, 0.3) is 0 Å². The van der Waals surface area contributed by atoms with E-state index in [1.165, 1.54) is 0 Å². The molecular weight excluding hydrogens is 272 g/mol. The van der Waals surface area contributed by atoms with Crippen LogP contribution in [0.25, 0.3) is 0 Å². The molecule has 1 aliphatic heterocycles. The Morgan fingerprint density at radius 3 is 2.62 bits per heavy atom. The summed E-state index contributed by atoms with van der Waals surface area (Å²) >= 11 is 0. The Hall–Kier alpha value is -2.15. The maximum Gasteiger partial charge on any atom is 0.320 e. The van der Waals surface area contributed by atoms with Gasteiger partial charge < -0.3 is 14.9 Å². The first kappa shape index (κ1) is 15.2. The Morgan fingerprint density at radius 2 is 2.05 bits per heavy atom. The van der Waals surface area contributed by atoms with Gasteiger partial charge in [-0.3, -0.25) is 14.7 Å². The third-order valence-corrected chi connectivity index (χ3v) is 3.47. The second-order valence-electron chi connectivity index (χ2n) is 5.16. The quantitative estimate of drug-likeness (QED) is 0.865. The molecule has 7 heteroatoms. The van der Waals surface area contributed by atoms with Gasteiger partial charge in [0.05, 0.1) is 6.54 Å². The maximum atomic E-state index is 12.3. The van der Waals surface area contributed by atoms with E-state index in [0.29, 0.717) is 32.7 Å². The van der Waals surface area contributed by atoms with Gasteiger partial charge in [0.2, 0.25) is 0 Å². The van der Waals surface area contributed by atoms with Gasteiger partial charge in [-0.05, 0) is 11.6 Å². The molecule has 0 bridgehead atoms. The summed E-state index contributed by atoms with van der Waals surface area (Å²) in [6, 6.07) is 3.74. The average Bonchev–Trinajstić information content (AvgIpc) is 2.47. The number of amides is 2. The van der Waals surface area contributed by atoms with Crippen molar-refractivity contribution < 1.29 is 14.7 Å². The third-order valence-electron chi connectivity index (χ3n) is 3.47. The van der Waals surface area contributed by atoms with Crippen molar-refractivity contribution in [3.05, 3.63) is 30.1 Å². The fourth-order valence-corrected chi connectivity index (χ4v) is 2.36. The zero-order valence-corrected chi connectivity index (χ0v) is 12.1. The number of urea groups is 1. The summed E-state index contributed by atoms with van der Waals surface area (Å²) in [4.78, 5) is 32.3. The second kappa shape index (κ2) is 7.03. The molecule has 0 aromatic carbocycles. The molecule has 21 heavy (non-hydrogen) atoms. The average molecular weight is 292 g/mol. The standard InChI is InChI=1S/C14H20N4O3/c1-16(10-12-3-2-4-15-9-12)14(21)18-7-5-17(6-8-18)11-13(19)20/h2-4,9H,5-8,10-11H2,1H3,(H,19,20). The summed E-state index contributed by atoms with van der Waals surface area (Å²) in [6.07, 6.45) is 3.45. The molecule has 0 spiro atoms. The lowest BCUT2D eigenvalue weighted by molar-refractivity contribution is -0.138. The van der Waals surface area contributed by atoms with Crippen LogP contribution in [0.2, 0.25) is 0 Å². The smallest absolute Gasteiger partial charge is 0.320 e. The van der Waals surface area contributed by atoms with Gasteiger partial charge in [-0.15, -0.1) is 0 Å². The van der Waals surface area contributed by atoms with Crippen LogP contribution in [0.1, 0.15) is 5.56 Å². The SMILES string of the molecule is CN(Cc1cccnc1)C(=O)N1CCN(CC(=O)O)CC1. The second-order valence-corrected chi connectivity index (χ2v) is 5.16. The number of aromatic nitrogens is 1. The van der Waals surface area contributed by atoms with Gasteiger partial charge >= 0.3 is 12.0 Å². The van der Waals surface area contributed by atoms with Crippen molar-refractivity contribution in [3.63, 3.8) is 0 Å². The number of rotatable bonds is 4. The highest BCUT2D eigenvalue weighted by atomic mass is 16.4. The minimum Gasteiger partial charge on any atom is -0.480 e. The third kappa shape index (κ3) is 4.42. The van der Waals surface area contributed by atoms with Gasteiger partial charge in [0.15, 0.2) is 0 Å². The minimum atomic E-state index is -0.830. The van der Waals surface area contributed by atoms with Crippen LogP contribution in [-0.2, 0) is 11.3 Å². The molecule has 0 saturated carbocycles. The number of hydrogen-bond donors (Lipinski definition) is 1. The molecule has 2 heterocycles. The van der Waals surface area contributed by atoms with Gasteiger partial charge in [-0.2, -0.15) is 0 Å². The van der Waals surface area contributed by atoms with Crippen LogP contribution in [0.3, 0.4) is 0 Å². The number of carboxylic acid groups (broad SMARTS) is 1. The van der Waals surface area contributed by atoms with Crippen molar-refractivity contribution in [2.75, 3.05) is 39.8 Å². The first-order valence-corrected chi connectivity index (χ1v) is 6.89. The maximum absolute atomic E-state index is 12.3. The zero-order valence-electron chi connectivity index (χ0n) is 12.1. The molecule has 1 aromatic heterocycles. The van der Waals surface area contributed by atoms with E-state index in [4.69, 9.17) is 5.11 Å². The van der Waals surface area contributed by atoms with E-state index in [1.54, 1.807) is 29.2 Å². The molecule has 0 aliphatic carbocycles. The van der Waals surface area contributed by atoms with Crippen LogP contribution in [-0.4, -0.2) is 76.6 Å². The van der Waals surface area contributed by atoms with E-state index in [2.05, 4.69) is 4.98 Å². The van der Waals surface area contributed by atoms with Crippen molar-refractivity contribution in [1.82, 2.24) is 19.7 Å². The van der Waals surface area contributed by atoms with Gasteiger partial charge in [0.1, 0.15) is 0 Å². The van der Waals surface area contributed by atoms with Crippen LogP contribution in [0, 0.1) is 0 Å². The van der Waals surface area contributed by atoms with E-state index >= 15 is 0 Å². The van der Waals surface area contributed by atoms with Crippen molar-refractivity contribution in [1.29, 1.82) is 0 Å². The number of pyridine rings is 1. The monoisotopic (exact) mass is 292 g/mol. The molecule has 1 aliphatic rings. The van der Waals surface area contributed by atoms with Gasteiger partial charge in [0, 0.05) is 52.2 Å². The molecule has 0 atom stereocenters. The van der Waals surface area contributed by atoms with Crippen LogP contribution >= 0.6 is 0 Å². The number of carbonyl (C=O) groups excluding carboxylic acids is 1.